The molecule has 2 aromatic rings. The lowest BCUT2D eigenvalue weighted by Gasteiger charge is -2.21. The smallest absolute Gasteiger partial charge is 0.253 e. The van der Waals surface area contributed by atoms with Gasteiger partial charge >= 0.3 is 0 Å². The third kappa shape index (κ3) is 5.15. The van der Waals surface area contributed by atoms with E-state index in [9.17, 15) is 9.59 Å². The van der Waals surface area contributed by atoms with Crippen molar-refractivity contribution in [1.82, 2.24) is 10.2 Å². The summed E-state index contributed by atoms with van der Waals surface area (Å²) in [6, 6.07) is 12.6. The van der Waals surface area contributed by atoms with Gasteiger partial charge in [0.25, 0.3) is 5.91 Å². The van der Waals surface area contributed by atoms with Crippen LogP contribution in [0.25, 0.3) is 0 Å². The van der Waals surface area contributed by atoms with Gasteiger partial charge in [-0.3, -0.25) is 9.59 Å². The third-order valence-corrected chi connectivity index (χ3v) is 5.81. The lowest BCUT2D eigenvalue weighted by Crippen LogP contribution is -2.37. The van der Waals surface area contributed by atoms with Gasteiger partial charge in [-0.15, -0.1) is 0 Å². The molecule has 0 aromatic heterocycles. The second-order valence-corrected chi connectivity index (χ2v) is 8.40. The zero-order chi connectivity index (χ0) is 23.3. The van der Waals surface area contributed by atoms with Crippen molar-refractivity contribution in [2.75, 3.05) is 41.0 Å². The Labute approximate surface area is 189 Å². The van der Waals surface area contributed by atoms with E-state index in [1.807, 2.05) is 18.2 Å². The summed E-state index contributed by atoms with van der Waals surface area (Å²) >= 11 is 0. The predicted octanol–water partition coefficient (Wildman–Crippen LogP) is 3.34. The van der Waals surface area contributed by atoms with E-state index in [0.29, 0.717) is 48.4 Å². The van der Waals surface area contributed by atoms with Crippen molar-refractivity contribution in [3.8, 4) is 17.2 Å². The van der Waals surface area contributed by atoms with Crippen LogP contribution in [0.3, 0.4) is 0 Å². The van der Waals surface area contributed by atoms with Gasteiger partial charge < -0.3 is 24.4 Å². The van der Waals surface area contributed by atoms with Crippen LogP contribution in [0.15, 0.2) is 42.5 Å². The maximum atomic E-state index is 13.2. The molecule has 2 atom stereocenters. The van der Waals surface area contributed by atoms with Crippen LogP contribution in [0.2, 0.25) is 0 Å². The Morgan fingerprint density at radius 3 is 2.22 bits per heavy atom. The van der Waals surface area contributed by atoms with Gasteiger partial charge in [0.1, 0.15) is 17.2 Å². The number of ether oxygens (including phenoxy) is 3. The van der Waals surface area contributed by atoms with E-state index < -0.39 is 0 Å². The van der Waals surface area contributed by atoms with Crippen molar-refractivity contribution in [2.24, 2.45) is 11.8 Å². The molecule has 1 saturated heterocycles. The Bertz CT molecular complexity index is 942. The lowest BCUT2D eigenvalue weighted by atomic mass is 9.87. The highest BCUT2D eigenvalue weighted by Gasteiger charge is 2.41. The summed E-state index contributed by atoms with van der Waals surface area (Å²) in [5.41, 5.74) is 1.46. The fourth-order valence-electron chi connectivity index (χ4n) is 4.03. The molecule has 1 aliphatic rings. The van der Waals surface area contributed by atoms with Crippen LogP contribution in [0.5, 0.6) is 17.2 Å². The number of likely N-dealkylation sites (tertiary alicyclic amines) is 1. The Kier molecular flexibility index (Phi) is 7.62. The summed E-state index contributed by atoms with van der Waals surface area (Å²) in [7, 11) is 4.79. The van der Waals surface area contributed by atoms with E-state index in [-0.39, 0.29) is 23.7 Å². The van der Waals surface area contributed by atoms with Crippen molar-refractivity contribution < 1.29 is 23.8 Å². The van der Waals surface area contributed by atoms with Gasteiger partial charge in [-0.25, -0.2) is 0 Å². The first kappa shape index (κ1) is 23.4. The van der Waals surface area contributed by atoms with Crippen molar-refractivity contribution in [3.63, 3.8) is 0 Å². The number of carbonyl (C=O) groups is 2. The van der Waals surface area contributed by atoms with Crippen molar-refractivity contribution in [1.29, 1.82) is 0 Å². The number of benzene rings is 2. The third-order valence-electron chi connectivity index (χ3n) is 5.81. The lowest BCUT2D eigenvalue weighted by molar-refractivity contribution is -0.125. The average Bonchev–Trinajstić information content (AvgIpc) is 3.26. The molecule has 0 spiro atoms. The molecule has 0 radical (unpaired) electrons. The summed E-state index contributed by atoms with van der Waals surface area (Å²) in [5, 5.41) is 3.04. The van der Waals surface area contributed by atoms with E-state index in [1.54, 1.807) is 50.5 Å². The number of rotatable bonds is 8. The van der Waals surface area contributed by atoms with Gasteiger partial charge in [0.2, 0.25) is 5.91 Å². The standard InChI is InChI=1S/C25H32N2O5/c1-16(2)13-26-24(28)22-15-27(25(29)17-6-8-18(30-3)9-7-17)14-21(22)20-11-10-19(31-4)12-23(20)32-5/h6-12,16,21-22H,13-15H2,1-5H3,(H,26,28). The molecule has 1 N–H and O–H groups in total. The van der Waals surface area contributed by atoms with Crippen LogP contribution in [0.4, 0.5) is 0 Å². The van der Waals surface area contributed by atoms with Crippen molar-refractivity contribution >= 4 is 11.8 Å². The Balaban J connectivity index is 1.90. The first-order chi connectivity index (χ1) is 15.4. The predicted molar refractivity (Wildman–Crippen MR) is 123 cm³/mol. The number of amides is 2. The second-order valence-electron chi connectivity index (χ2n) is 8.40. The highest BCUT2D eigenvalue weighted by molar-refractivity contribution is 5.95. The molecule has 7 heteroatoms. The normalized spacial score (nSPS) is 17.9. The monoisotopic (exact) mass is 440 g/mol. The molecule has 1 heterocycles. The zero-order valence-corrected chi connectivity index (χ0v) is 19.4. The molecule has 172 valence electrons. The van der Waals surface area contributed by atoms with Crippen LogP contribution in [0.1, 0.15) is 35.7 Å². The van der Waals surface area contributed by atoms with Gasteiger partial charge in [-0.2, -0.15) is 0 Å². The molecule has 0 aliphatic carbocycles. The molecule has 7 nitrogen and oxygen atoms in total. The van der Waals surface area contributed by atoms with Gasteiger partial charge in [0.05, 0.1) is 27.2 Å². The first-order valence-corrected chi connectivity index (χ1v) is 10.8. The van der Waals surface area contributed by atoms with Gasteiger partial charge in [-0.05, 0) is 36.2 Å². The van der Waals surface area contributed by atoms with Crippen LogP contribution in [0, 0.1) is 11.8 Å². The number of nitrogens with one attached hydrogen (secondary N) is 1. The molecule has 1 aliphatic heterocycles. The average molecular weight is 441 g/mol. The number of hydrogen-bond acceptors (Lipinski definition) is 5. The topological polar surface area (TPSA) is 77.1 Å². The molecule has 0 bridgehead atoms. The summed E-state index contributed by atoms with van der Waals surface area (Å²) in [5.74, 6) is 1.63. The van der Waals surface area contributed by atoms with E-state index in [0.717, 1.165) is 5.56 Å². The SMILES string of the molecule is COc1ccc(C(=O)N2CC(C(=O)NCC(C)C)C(c3ccc(OC)cc3OC)C2)cc1. The summed E-state index contributed by atoms with van der Waals surface area (Å²) in [6.45, 7) is 5.47. The Hall–Kier alpha value is -3.22. The quantitative estimate of drug-likeness (QED) is 0.681. The molecule has 0 saturated carbocycles. The first-order valence-electron chi connectivity index (χ1n) is 10.8. The van der Waals surface area contributed by atoms with Crippen LogP contribution < -0.4 is 19.5 Å². The van der Waals surface area contributed by atoms with Crippen molar-refractivity contribution in [3.05, 3.63) is 53.6 Å². The summed E-state index contributed by atoms with van der Waals surface area (Å²) in [4.78, 5) is 28.1. The summed E-state index contributed by atoms with van der Waals surface area (Å²) in [6.07, 6.45) is 0. The van der Waals surface area contributed by atoms with Gasteiger partial charge in [-0.1, -0.05) is 19.9 Å². The molecule has 2 unspecified atom stereocenters. The fraction of sp³-hybridized carbons (Fsp3) is 0.440. The van der Waals surface area contributed by atoms with E-state index in [2.05, 4.69) is 19.2 Å². The number of hydrogen-bond donors (Lipinski definition) is 1. The maximum Gasteiger partial charge on any atom is 0.253 e. The van der Waals surface area contributed by atoms with Gasteiger partial charge in [0.15, 0.2) is 0 Å². The molecule has 3 rings (SSSR count). The maximum absolute atomic E-state index is 13.2. The number of nitrogens with zero attached hydrogens (tertiary/aromatic N) is 1. The molecular weight excluding hydrogens is 408 g/mol. The highest BCUT2D eigenvalue weighted by Crippen LogP contribution is 2.39. The van der Waals surface area contributed by atoms with Crippen LogP contribution in [-0.4, -0.2) is 57.7 Å². The van der Waals surface area contributed by atoms with Crippen LogP contribution in [-0.2, 0) is 4.79 Å². The molecule has 2 aromatic carbocycles. The summed E-state index contributed by atoms with van der Waals surface area (Å²) < 4.78 is 16.1. The molecule has 1 fully saturated rings. The largest absolute Gasteiger partial charge is 0.497 e. The molecular formula is C25H32N2O5. The minimum absolute atomic E-state index is 0.0494. The Morgan fingerprint density at radius 1 is 0.969 bits per heavy atom. The minimum Gasteiger partial charge on any atom is -0.497 e. The molecule has 2 amide bonds. The van der Waals surface area contributed by atoms with Gasteiger partial charge in [0, 0.05) is 42.7 Å². The number of carbonyl (C=O) groups excluding carboxylic acids is 2. The van der Waals surface area contributed by atoms with Crippen molar-refractivity contribution in [2.45, 2.75) is 19.8 Å². The minimum atomic E-state index is -0.377. The van der Waals surface area contributed by atoms with E-state index in [4.69, 9.17) is 14.2 Å². The number of methoxy groups -OCH3 is 3. The zero-order valence-electron chi connectivity index (χ0n) is 19.4. The van der Waals surface area contributed by atoms with E-state index >= 15 is 0 Å². The van der Waals surface area contributed by atoms with E-state index in [1.165, 1.54) is 0 Å². The fourth-order valence-corrected chi connectivity index (χ4v) is 4.03. The highest BCUT2D eigenvalue weighted by atomic mass is 16.5. The molecule has 32 heavy (non-hydrogen) atoms. The Morgan fingerprint density at radius 2 is 1.62 bits per heavy atom. The van der Waals surface area contributed by atoms with Crippen LogP contribution >= 0.6 is 0 Å². The second kappa shape index (κ2) is 10.4.